The lowest BCUT2D eigenvalue weighted by Gasteiger charge is -2.32. The first-order valence-corrected chi connectivity index (χ1v) is 17.2. The summed E-state index contributed by atoms with van der Waals surface area (Å²) in [5, 5.41) is 14.0. The van der Waals surface area contributed by atoms with Crippen LogP contribution in [0.2, 0.25) is 0 Å². The summed E-state index contributed by atoms with van der Waals surface area (Å²) in [6.45, 7) is 9.68. The van der Waals surface area contributed by atoms with Gasteiger partial charge in [-0.3, -0.25) is 10.3 Å². The number of aryl methyl sites for hydroxylation is 1. The maximum Gasteiger partial charge on any atom is 0.324 e. The van der Waals surface area contributed by atoms with E-state index in [4.69, 9.17) is 5.10 Å². The molecule has 1 atom stereocenters. The van der Waals surface area contributed by atoms with E-state index in [2.05, 4.69) is 41.7 Å². The van der Waals surface area contributed by atoms with E-state index in [9.17, 15) is 13.2 Å². The van der Waals surface area contributed by atoms with Crippen molar-refractivity contribution in [2.45, 2.75) is 56.1 Å². The molecule has 6 rings (SSSR count). The van der Waals surface area contributed by atoms with Crippen molar-refractivity contribution in [1.82, 2.24) is 20.1 Å². The van der Waals surface area contributed by atoms with Crippen LogP contribution in [0.15, 0.2) is 96.0 Å². The Balaban J connectivity index is 1.37. The lowest BCUT2D eigenvalue weighted by Crippen LogP contribution is -2.34. The number of urea groups is 1. The van der Waals surface area contributed by atoms with Crippen LogP contribution in [0.4, 0.5) is 16.3 Å². The van der Waals surface area contributed by atoms with Gasteiger partial charge in [0.15, 0.2) is 9.84 Å². The monoisotopic (exact) mass is 636 g/mol. The van der Waals surface area contributed by atoms with Gasteiger partial charge in [0.25, 0.3) is 0 Å². The summed E-state index contributed by atoms with van der Waals surface area (Å²) in [6.07, 6.45) is 3.00. The third kappa shape index (κ3) is 6.41. The normalized spacial score (nSPS) is 15.0. The molecular weight excluding hydrogens is 597 g/mol. The maximum absolute atomic E-state index is 14.7. The average Bonchev–Trinajstić information content (AvgIpc) is 3.47. The lowest BCUT2D eigenvalue weighted by atomic mass is 9.89. The van der Waals surface area contributed by atoms with Crippen molar-refractivity contribution in [3.8, 4) is 5.69 Å². The minimum atomic E-state index is -3.93. The zero-order valence-electron chi connectivity index (χ0n) is 26.6. The Bertz CT molecular complexity index is 1970. The second kappa shape index (κ2) is 12.7. The fourth-order valence-electron chi connectivity index (χ4n) is 6.11. The lowest BCUT2D eigenvalue weighted by molar-refractivity contribution is 0.262. The van der Waals surface area contributed by atoms with Crippen LogP contribution in [0.5, 0.6) is 0 Å². The van der Waals surface area contributed by atoms with Gasteiger partial charge in [0.1, 0.15) is 5.82 Å². The molecule has 46 heavy (non-hydrogen) atoms. The third-order valence-electron chi connectivity index (χ3n) is 8.56. The molecule has 1 unspecified atom stereocenters. The van der Waals surface area contributed by atoms with Crippen LogP contribution in [-0.4, -0.2) is 42.3 Å². The quantitative estimate of drug-likeness (QED) is 0.174. The van der Waals surface area contributed by atoms with Crippen LogP contribution in [0, 0.1) is 12.8 Å². The Kier molecular flexibility index (Phi) is 8.67. The zero-order valence-corrected chi connectivity index (χ0v) is 27.4. The first-order valence-electron chi connectivity index (χ1n) is 15.7. The van der Waals surface area contributed by atoms with Crippen LogP contribution in [0.1, 0.15) is 55.7 Å². The topological polar surface area (TPSA) is 118 Å². The number of amides is 2. The molecular formula is C36H40N6O3S. The van der Waals surface area contributed by atoms with E-state index in [1.807, 2.05) is 61.5 Å². The average molecular weight is 637 g/mol. The molecule has 1 saturated heterocycles. The van der Waals surface area contributed by atoms with E-state index < -0.39 is 21.1 Å². The van der Waals surface area contributed by atoms with Gasteiger partial charge in [0, 0.05) is 28.8 Å². The van der Waals surface area contributed by atoms with Crippen LogP contribution < -0.4 is 16.0 Å². The summed E-state index contributed by atoms with van der Waals surface area (Å²) in [5.74, 6) is 0.349. The Morgan fingerprint density at radius 1 is 0.935 bits per heavy atom. The summed E-state index contributed by atoms with van der Waals surface area (Å²) >= 11 is 0. The van der Waals surface area contributed by atoms with Crippen LogP contribution in [-0.2, 0) is 15.3 Å². The Morgan fingerprint density at radius 3 is 2.39 bits per heavy atom. The van der Waals surface area contributed by atoms with Crippen molar-refractivity contribution in [2.75, 3.05) is 23.7 Å². The number of pyridine rings is 1. The first kappa shape index (κ1) is 31.4. The van der Waals surface area contributed by atoms with E-state index in [0.29, 0.717) is 35.4 Å². The van der Waals surface area contributed by atoms with Gasteiger partial charge in [-0.05, 0) is 74.7 Å². The molecule has 5 aromatic rings. The van der Waals surface area contributed by atoms with Crippen molar-refractivity contribution in [3.05, 3.63) is 108 Å². The number of nitrogens with zero attached hydrogens (tertiary/aromatic N) is 3. The zero-order chi connectivity index (χ0) is 32.5. The van der Waals surface area contributed by atoms with Gasteiger partial charge in [-0.2, -0.15) is 5.10 Å². The molecule has 0 radical (unpaired) electrons. The summed E-state index contributed by atoms with van der Waals surface area (Å²) < 4.78 is 31.1. The molecule has 10 heteroatoms. The number of anilines is 2. The molecule has 3 heterocycles. The number of sulfone groups is 1. The molecule has 0 bridgehead atoms. The van der Waals surface area contributed by atoms with Gasteiger partial charge < -0.3 is 10.6 Å². The SMILES string of the molecule is Cc1ccc(-n2nc(C(C)(C)C)cc2NC(=O)Nc2ccccc2C(C2CCNCC2)S(=O)(=O)c2cccc3cccnc23)cc1. The standard InChI is InChI=1S/C36H40N6O3S/c1-24-14-16-27(17-15-24)42-32(23-31(41-42)36(2,3)4)40-35(43)39-29-12-6-5-11-28(29)34(26-18-21-37-22-19-26)46(44,45)30-13-7-9-25-10-8-20-38-33(25)30/h5-17,20,23,26,34,37H,18-19,21-22H2,1-4H3,(H2,39,40,43). The summed E-state index contributed by atoms with van der Waals surface area (Å²) in [6, 6.07) is 25.5. The van der Waals surface area contributed by atoms with Gasteiger partial charge in [-0.15, -0.1) is 0 Å². The summed E-state index contributed by atoms with van der Waals surface area (Å²) in [4.78, 5) is 18.4. The van der Waals surface area contributed by atoms with Crippen molar-refractivity contribution in [1.29, 1.82) is 0 Å². The number of carbonyl (C=O) groups excluding carboxylic acids is 1. The summed E-state index contributed by atoms with van der Waals surface area (Å²) in [7, 11) is -3.93. The molecule has 2 amide bonds. The predicted octanol–water partition coefficient (Wildman–Crippen LogP) is 7.19. The van der Waals surface area contributed by atoms with Crippen LogP contribution in [0.25, 0.3) is 16.6 Å². The number of carbonyl (C=O) groups is 1. The molecule has 0 aliphatic carbocycles. The largest absolute Gasteiger partial charge is 0.324 e. The van der Waals surface area contributed by atoms with Gasteiger partial charge in [0.2, 0.25) is 0 Å². The highest BCUT2D eigenvalue weighted by Crippen LogP contribution is 2.43. The Morgan fingerprint density at radius 2 is 1.65 bits per heavy atom. The predicted molar refractivity (Wildman–Crippen MR) is 183 cm³/mol. The molecule has 1 aliphatic rings. The van der Waals surface area contributed by atoms with E-state index >= 15 is 0 Å². The number of rotatable bonds is 7. The van der Waals surface area contributed by atoms with Crippen molar-refractivity contribution in [2.24, 2.45) is 5.92 Å². The third-order valence-corrected chi connectivity index (χ3v) is 10.8. The molecule has 3 N–H and O–H groups in total. The fourth-order valence-corrected chi connectivity index (χ4v) is 8.41. The van der Waals surface area contributed by atoms with Gasteiger partial charge in [-0.1, -0.05) is 74.9 Å². The van der Waals surface area contributed by atoms with Crippen molar-refractivity contribution < 1.29 is 13.2 Å². The Labute approximate surface area is 270 Å². The number of aromatic nitrogens is 3. The molecule has 1 aliphatic heterocycles. The van der Waals surface area contributed by atoms with Gasteiger partial charge >= 0.3 is 6.03 Å². The van der Waals surface area contributed by atoms with Crippen molar-refractivity contribution >= 4 is 38.3 Å². The highest BCUT2D eigenvalue weighted by molar-refractivity contribution is 7.92. The molecule has 238 valence electrons. The number of para-hydroxylation sites is 2. The van der Waals surface area contributed by atoms with E-state index in [-0.39, 0.29) is 16.2 Å². The summed E-state index contributed by atoms with van der Waals surface area (Å²) in [5.41, 5.74) is 3.96. The van der Waals surface area contributed by atoms with Crippen LogP contribution in [0.3, 0.4) is 0 Å². The molecule has 3 aromatic carbocycles. The molecule has 0 saturated carbocycles. The number of benzene rings is 3. The second-order valence-electron chi connectivity index (χ2n) is 13.0. The number of hydrogen-bond donors (Lipinski definition) is 3. The Hall–Kier alpha value is -4.54. The van der Waals surface area contributed by atoms with Crippen molar-refractivity contribution in [3.63, 3.8) is 0 Å². The molecule has 1 fully saturated rings. The van der Waals surface area contributed by atoms with Gasteiger partial charge in [0.05, 0.1) is 27.0 Å². The number of piperidine rings is 1. The molecule has 9 nitrogen and oxygen atoms in total. The fraction of sp³-hybridized carbons (Fsp3) is 0.306. The number of fused-ring (bicyclic) bond motifs is 1. The number of nitrogens with one attached hydrogen (secondary N) is 3. The molecule has 2 aromatic heterocycles. The van der Waals surface area contributed by atoms with E-state index in [1.165, 1.54) is 0 Å². The molecule has 0 spiro atoms. The minimum absolute atomic E-state index is 0.159. The van der Waals surface area contributed by atoms with E-state index in [0.717, 1.165) is 35.4 Å². The van der Waals surface area contributed by atoms with Crippen LogP contribution >= 0.6 is 0 Å². The first-order chi connectivity index (χ1) is 22.0. The number of hydrogen-bond acceptors (Lipinski definition) is 6. The minimum Gasteiger partial charge on any atom is -0.317 e. The van der Waals surface area contributed by atoms with E-state index in [1.54, 1.807) is 41.2 Å². The highest BCUT2D eigenvalue weighted by Gasteiger charge is 2.39. The van der Waals surface area contributed by atoms with Gasteiger partial charge in [-0.25, -0.2) is 17.9 Å². The highest BCUT2D eigenvalue weighted by atomic mass is 32.2. The second-order valence-corrected chi connectivity index (χ2v) is 15.0. The smallest absolute Gasteiger partial charge is 0.317 e. The maximum atomic E-state index is 14.7.